The molecule has 134 valence electrons. The molecule has 0 spiro atoms. The third-order valence-corrected chi connectivity index (χ3v) is 4.57. The third-order valence-electron chi connectivity index (χ3n) is 3.55. The molecule has 2 aromatic carbocycles. The fraction of sp³-hybridized carbons (Fsp3) is 0.211. The highest BCUT2D eigenvalue weighted by atomic mass is 32.2. The summed E-state index contributed by atoms with van der Waals surface area (Å²) >= 11 is 1.48. The third kappa shape index (κ3) is 4.92. The van der Waals surface area contributed by atoms with E-state index in [1.54, 1.807) is 12.1 Å². The van der Waals surface area contributed by atoms with Gasteiger partial charge in [0, 0.05) is 22.6 Å². The smallest absolute Gasteiger partial charge is 0.322 e. The van der Waals surface area contributed by atoms with Crippen molar-refractivity contribution in [1.82, 2.24) is 10.2 Å². The Morgan fingerprint density at radius 1 is 1.12 bits per heavy atom. The molecule has 7 heteroatoms. The van der Waals surface area contributed by atoms with E-state index in [9.17, 15) is 9.18 Å². The van der Waals surface area contributed by atoms with E-state index < -0.39 is 0 Å². The summed E-state index contributed by atoms with van der Waals surface area (Å²) in [5.41, 5.74) is 3.02. The Labute approximate surface area is 155 Å². The second kappa shape index (κ2) is 8.14. The molecule has 5 nitrogen and oxygen atoms in total. The van der Waals surface area contributed by atoms with Gasteiger partial charge < -0.3 is 4.42 Å². The standard InChI is InChI=1S/C19H18FN3O2S/c1-12-9-13(2)11-14(10-12)18-22-23-19(25-18)21-17(24)7-8-26-16-5-3-15(20)4-6-16/h3-6,9-11H,7-8H2,1-2H3,(H,21,23,24). The zero-order valence-electron chi connectivity index (χ0n) is 14.5. The topological polar surface area (TPSA) is 68.0 Å². The molecule has 0 saturated carbocycles. The van der Waals surface area contributed by atoms with Crippen LogP contribution >= 0.6 is 11.8 Å². The number of carbonyl (C=O) groups excluding carboxylic acids is 1. The van der Waals surface area contributed by atoms with Gasteiger partial charge in [-0.15, -0.1) is 16.9 Å². The minimum absolute atomic E-state index is 0.0796. The minimum atomic E-state index is -0.275. The first-order valence-electron chi connectivity index (χ1n) is 8.10. The van der Waals surface area contributed by atoms with E-state index in [-0.39, 0.29) is 24.2 Å². The molecule has 0 radical (unpaired) electrons. The molecule has 0 aliphatic heterocycles. The van der Waals surface area contributed by atoms with Gasteiger partial charge in [0.25, 0.3) is 0 Å². The predicted octanol–water partition coefficient (Wildman–Crippen LogP) is 4.61. The summed E-state index contributed by atoms with van der Waals surface area (Å²) < 4.78 is 18.4. The molecule has 3 aromatic rings. The van der Waals surface area contributed by atoms with Crippen LogP contribution in [-0.4, -0.2) is 21.9 Å². The van der Waals surface area contributed by atoms with Crippen LogP contribution in [0.15, 0.2) is 51.8 Å². The molecule has 1 aromatic heterocycles. The number of hydrogen-bond donors (Lipinski definition) is 1. The maximum atomic E-state index is 12.9. The molecule has 0 fully saturated rings. The van der Waals surface area contributed by atoms with Crippen molar-refractivity contribution in [2.45, 2.75) is 25.2 Å². The minimum Gasteiger partial charge on any atom is -0.403 e. The Morgan fingerprint density at radius 2 is 1.81 bits per heavy atom. The van der Waals surface area contributed by atoms with Crippen LogP contribution < -0.4 is 5.32 Å². The van der Waals surface area contributed by atoms with Crippen molar-refractivity contribution >= 4 is 23.7 Å². The number of thioether (sulfide) groups is 1. The summed E-state index contributed by atoms with van der Waals surface area (Å²) in [4.78, 5) is 12.9. The molecule has 1 amide bonds. The van der Waals surface area contributed by atoms with Crippen LogP contribution in [0.2, 0.25) is 0 Å². The molecule has 26 heavy (non-hydrogen) atoms. The number of nitrogens with one attached hydrogen (secondary N) is 1. The van der Waals surface area contributed by atoms with Crippen molar-refractivity contribution in [3.8, 4) is 11.5 Å². The van der Waals surface area contributed by atoms with Gasteiger partial charge in [-0.05, 0) is 50.2 Å². The van der Waals surface area contributed by atoms with Crippen molar-refractivity contribution in [3.63, 3.8) is 0 Å². The van der Waals surface area contributed by atoms with Crippen molar-refractivity contribution < 1.29 is 13.6 Å². The van der Waals surface area contributed by atoms with E-state index in [1.165, 1.54) is 23.9 Å². The number of hydrogen-bond acceptors (Lipinski definition) is 5. The Balaban J connectivity index is 1.53. The van der Waals surface area contributed by atoms with Gasteiger partial charge >= 0.3 is 6.01 Å². The van der Waals surface area contributed by atoms with E-state index in [4.69, 9.17) is 4.42 Å². The molecule has 0 atom stereocenters. The number of rotatable bonds is 6. The number of aryl methyl sites for hydroxylation is 2. The van der Waals surface area contributed by atoms with Gasteiger partial charge in [-0.2, -0.15) is 0 Å². The molecule has 1 N–H and O–H groups in total. The number of aromatic nitrogens is 2. The van der Waals surface area contributed by atoms with Crippen LogP contribution in [-0.2, 0) is 4.79 Å². The lowest BCUT2D eigenvalue weighted by molar-refractivity contribution is -0.115. The summed E-state index contributed by atoms with van der Waals surface area (Å²) in [6.45, 7) is 3.99. The van der Waals surface area contributed by atoms with Gasteiger partial charge in [-0.1, -0.05) is 22.3 Å². The highest BCUT2D eigenvalue weighted by Crippen LogP contribution is 2.23. The van der Waals surface area contributed by atoms with Crippen LogP contribution in [0.25, 0.3) is 11.5 Å². The molecule has 0 aliphatic rings. The van der Waals surface area contributed by atoms with Crippen LogP contribution in [0.4, 0.5) is 10.4 Å². The first-order chi connectivity index (χ1) is 12.5. The first kappa shape index (κ1) is 18.1. The second-order valence-corrected chi connectivity index (χ2v) is 7.06. The predicted molar refractivity (Wildman–Crippen MR) is 99.6 cm³/mol. The van der Waals surface area contributed by atoms with E-state index >= 15 is 0 Å². The highest BCUT2D eigenvalue weighted by Gasteiger charge is 2.12. The summed E-state index contributed by atoms with van der Waals surface area (Å²) in [5.74, 6) is 0.446. The lowest BCUT2D eigenvalue weighted by atomic mass is 10.1. The van der Waals surface area contributed by atoms with Gasteiger partial charge in [0.2, 0.25) is 11.8 Å². The van der Waals surface area contributed by atoms with E-state index in [1.807, 2.05) is 26.0 Å². The number of nitrogens with zero attached hydrogens (tertiary/aromatic N) is 2. The molecule has 1 heterocycles. The quantitative estimate of drug-likeness (QED) is 0.641. The van der Waals surface area contributed by atoms with E-state index in [0.29, 0.717) is 11.6 Å². The molecule has 0 saturated heterocycles. The van der Waals surface area contributed by atoms with Gasteiger partial charge in [-0.3, -0.25) is 10.1 Å². The average Bonchev–Trinajstić information content (AvgIpc) is 3.04. The molecule has 3 rings (SSSR count). The Bertz CT molecular complexity index is 889. The summed E-state index contributed by atoms with van der Waals surface area (Å²) in [6, 6.07) is 12.2. The summed E-state index contributed by atoms with van der Waals surface area (Å²) in [7, 11) is 0. The number of benzene rings is 2. The van der Waals surface area contributed by atoms with Crippen LogP contribution in [0.1, 0.15) is 17.5 Å². The van der Waals surface area contributed by atoms with Gasteiger partial charge in [-0.25, -0.2) is 4.39 Å². The number of halogens is 1. The SMILES string of the molecule is Cc1cc(C)cc(-c2nnc(NC(=O)CCSc3ccc(F)cc3)o2)c1. The maximum Gasteiger partial charge on any atom is 0.322 e. The summed E-state index contributed by atoms with van der Waals surface area (Å²) in [6.07, 6.45) is 0.281. The van der Waals surface area contributed by atoms with E-state index in [0.717, 1.165) is 21.6 Å². The molecular weight excluding hydrogens is 353 g/mol. The van der Waals surface area contributed by atoms with Crippen molar-refractivity contribution in [2.75, 3.05) is 11.1 Å². The maximum absolute atomic E-state index is 12.9. The number of carbonyl (C=O) groups is 1. The van der Waals surface area contributed by atoms with Crippen LogP contribution in [0.5, 0.6) is 0 Å². The lowest BCUT2D eigenvalue weighted by Gasteiger charge is -2.02. The Morgan fingerprint density at radius 3 is 2.50 bits per heavy atom. The fourth-order valence-electron chi connectivity index (χ4n) is 2.46. The normalized spacial score (nSPS) is 10.7. The zero-order chi connectivity index (χ0) is 18.5. The molecule has 0 bridgehead atoms. The van der Waals surface area contributed by atoms with Gasteiger partial charge in [0.05, 0.1) is 0 Å². The second-order valence-electron chi connectivity index (χ2n) is 5.89. The summed E-state index contributed by atoms with van der Waals surface area (Å²) in [5, 5.41) is 10.5. The average molecular weight is 371 g/mol. The monoisotopic (exact) mass is 371 g/mol. The van der Waals surface area contributed by atoms with E-state index in [2.05, 4.69) is 21.6 Å². The zero-order valence-corrected chi connectivity index (χ0v) is 15.3. The molecule has 0 unspecified atom stereocenters. The molecule has 0 aliphatic carbocycles. The van der Waals surface area contributed by atoms with Crippen LogP contribution in [0, 0.1) is 19.7 Å². The Hall–Kier alpha value is -2.67. The van der Waals surface area contributed by atoms with Crippen LogP contribution in [0.3, 0.4) is 0 Å². The first-order valence-corrected chi connectivity index (χ1v) is 9.08. The largest absolute Gasteiger partial charge is 0.403 e. The van der Waals surface area contributed by atoms with Gasteiger partial charge in [0.15, 0.2) is 0 Å². The fourth-order valence-corrected chi connectivity index (χ4v) is 3.31. The lowest BCUT2D eigenvalue weighted by Crippen LogP contribution is -2.12. The van der Waals surface area contributed by atoms with Gasteiger partial charge in [0.1, 0.15) is 5.82 Å². The molecular formula is C19H18FN3O2S. The Kier molecular flexibility index (Phi) is 5.68. The highest BCUT2D eigenvalue weighted by molar-refractivity contribution is 7.99. The number of amides is 1. The number of anilines is 1. The van der Waals surface area contributed by atoms with Crippen molar-refractivity contribution in [1.29, 1.82) is 0 Å². The van der Waals surface area contributed by atoms with Crippen molar-refractivity contribution in [3.05, 3.63) is 59.4 Å². The van der Waals surface area contributed by atoms with Crippen molar-refractivity contribution in [2.24, 2.45) is 0 Å².